The summed E-state index contributed by atoms with van der Waals surface area (Å²) in [5, 5.41) is 47.8. The first-order chi connectivity index (χ1) is 22.2. The second kappa shape index (κ2) is 12.6. The number of benzene rings is 2. The molecule has 1 saturated carbocycles. The highest BCUT2D eigenvalue weighted by Crippen LogP contribution is 2.39. The number of ether oxygens (including phenoxy) is 1. The Hall–Kier alpha value is -5.31. The van der Waals surface area contributed by atoms with Gasteiger partial charge in [0.25, 0.3) is 0 Å². The lowest BCUT2D eigenvalue weighted by atomic mass is 9.99. The van der Waals surface area contributed by atoms with Gasteiger partial charge in [0, 0.05) is 32.7 Å². The van der Waals surface area contributed by atoms with Crippen LogP contribution in [0.5, 0.6) is 5.75 Å². The average Bonchev–Trinajstić information content (AvgIpc) is 3.82. The molecular weight excluding hydrogens is 612 g/mol. The number of nitrogens with zero attached hydrogens (tertiary/aromatic N) is 9. The third-order valence-electron chi connectivity index (χ3n) is 8.35. The minimum atomic E-state index is -1.12. The molecule has 0 unspecified atom stereocenters. The number of anilines is 4. The van der Waals surface area contributed by atoms with E-state index in [-0.39, 0.29) is 29.3 Å². The summed E-state index contributed by atoms with van der Waals surface area (Å²) < 4.78 is 6.75. The molecule has 3 N–H and O–H groups in total. The molecule has 236 valence electrons. The number of nitriles is 2. The molecule has 1 amide bonds. The van der Waals surface area contributed by atoms with Crippen LogP contribution in [0.2, 0.25) is 5.02 Å². The van der Waals surface area contributed by atoms with E-state index >= 15 is 0 Å². The minimum absolute atomic E-state index is 0.116. The number of imidazole rings is 1. The van der Waals surface area contributed by atoms with E-state index in [1.54, 1.807) is 19.2 Å². The van der Waals surface area contributed by atoms with Gasteiger partial charge in [-0.1, -0.05) is 23.7 Å². The smallest absolute Gasteiger partial charge is 0.407 e. The molecule has 14 nitrogen and oxygen atoms in total. The lowest BCUT2D eigenvalue weighted by Crippen LogP contribution is -2.54. The number of carboxylic acid groups (broad SMARTS) is 1. The Labute approximate surface area is 269 Å². The van der Waals surface area contributed by atoms with Crippen molar-refractivity contribution in [2.45, 2.75) is 44.0 Å². The average molecular weight is 643 g/mol. The molecule has 0 bridgehead atoms. The van der Waals surface area contributed by atoms with Crippen LogP contribution in [-0.2, 0) is 6.54 Å². The Morgan fingerprint density at radius 1 is 1.20 bits per heavy atom. The number of likely N-dealkylation sites (N-methyl/N-ethyl adjacent to an activating group) is 1. The van der Waals surface area contributed by atoms with Gasteiger partial charge in [0.2, 0.25) is 5.95 Å². The van der Waals surface area contributed by atoms with Gasteiger partial charge in [-0.2, -0.15) is 20.0 Å². The second-order valence-corrected chi connectivity index (χ2v) is 11.7. The van der Waals surface area contributed by atoms with Crippen molar-refractivity contribution in [1.29, 1.82) is 10.5 Å². The number of nitrogens with one attached hydrogen (secondary N) is 1. The molecule has 3 heterocycles. The number of halogens is 1. The number of hydrogen-bond donors (Lipinski definition) is 3. The molecule has 2 aromatic carbocycles. The molecule has 2 atom stereocenters. The minimum Gasteiger partial charge on any atom is -0.497 e. The maximum absolute atomic E-state index is 11.5. The number of carbonyl (C=O) groups is 1. The Kier molecular flexibility index (Phi) is 8.41. The Balaban J connectivity index is 1.35. The lowest BCUT2D eigenvalue weighted by molar-refractivity contribution is 0.0497. The van der Waals surface area contributed by atoms with E-state index in [0.29, 0.717) is 47.9 Å². The van der Waals surface area contributed by atoms with E-state index in [1.165, 1.54) is 17.8 Å². The molecule has 2 fully saturated rings. The summed E-state index contributed by atoms with van der Waals surface area (Å²) in [7, 11) is 3.05. The van der Waals surface area contributed by atoms with E-state index in [4.69, 9.17) is 21.3 Å². The van der Waals surface area contributed by atoms with E-state index in [0.717, 1.165) is 29.1 Å². The van der Waals surface area contributed by atoms with E-state index in [2.05, 4.69) is 32.4 Å². The molecule has 2 aromatic heterocycles. The van der Waals surface area contributed by atoms with Crippen molar-refractivity contribution in [3.8, 4) is 17.9 Å². The summed E-state index contributed by atoms with van der Waals surface area (Å²) in [6.45, 7) is 1.06. The highest BCUT2D eigenvalue weighted by molar-refractivity contribution is 6.36. The van der Waals surface area contributed by atoms with Gasteiger partial charge in [-0.25, -0.2) is 9.78 Å². The standard InChI is InChI=1S/C31H31ClN10O4/c1-39(31(44)45)24-9-10-40(17-26(24)43)25-12-19(13-33)11-23(27(25)32)36-30-37-29(28-35-15-21(14-34)42(28)38-30)41(20-5-6-20)16-18-3-7-22(46-2)8-4-18/h3-4,7-8,11-12,15,20,24,26,43H,5-6,9-10,16-17H2,1-2H3,(H,36,38)(H,44,45)/t24-,26+/m1/s1. The van der Waals surface area contributed by atoms with Crippen molar-refractivity contribution in [2.75, 3.05) is 42.4 Å². The maximum Gasteiger partial charge on any atom is 0.407 e. The number of amides is 1. The zero-order valence-corrected chi connectivity index (χ0v) is 25.9. The third-order valence-corrected chi connectivity index (χ3v) is 8.74. The Morgan fingerprint density at radius 3 is 2.59 bits per heavy atom. The fraction of sp³-hybridized carbons (Fsp3) is 0.355. The quantitative estimate of drug-likeness (QED) is 0.239. The van der Waals surface area contributed by atoms with Crippen molar-refractivity contribution in [3.05, 3.63) is 64.4 Å². The third kappa shape index (κ3) is 6.00. The van der Waals surface area contributed by atoms with E-state index in [9.17, 15) is 25.5 Å². The number of fused-ring (bicyclic) bond motifs is 1. The number of piperidine rings is 1. The number of rotatable bonds is 9. The van der Waals surface area contributed by atoms with Crippen molar-refractivity contribution in [3.63, 3.8) is 0 Å². The molecule has 2 aliphatic rings. The molecule has 6 rings (SSSR count). The van der Waals surface area contributed by atoms with E-state index < -0.39 is 18.2 Å². The fourth-order valence-electron chi connectivity index (χ4n) is 5.73. The zero-order chi connectivity index (χ0) is 32.5. The van der Waals surface area contributed by atoms with Crippen LogP contribution < -0.4 is 19.9 Å². The topological polar surface area (TPSA) is 179 Å². The van der Waals surface area contributed by atoms with Gasteiger partial charge in [-0.3, -0.25) is 0 Å². The van der Waals surface area contributed by atoms with Gasteiger partial charge in [0.15, 0.2) is 17.2 Å². The van der Waals surface area contributed by atoms with Crippen LogP contribution >= 0.6 is 11.6 Å². The molecule has 0 spiro atoms. The monoisotopic (exact) mass is 642 g/mol. The van der Waals surface area contributed by atoms with Crippen molar-refractivity contribution in [1.82, 2.24) is 24.5 Å². The number of β-amino-alcohol motifs (C(OH)–C–C–N with tert-alkyl or cyclic N) is 1. The van der Waals surface area contributed by atoms with Crippen LogP contribution in [0.15, 0.2) is 42.6 Å². The van der Waals surface area contributed by atoms with Crippen LogP contribution in [0.4, 0.5) is 27.9 Å². The summed E-state index contributed by atoms with van der Waals surface area (Å²) in [5.74, 6) is 1.44. The van der Waals surface area contributed by atoms with Gasteiger partial charge in [0.05, 0.1) is 53.5 Å². The van der Waals surface area contributed by atoms with Gasteiger partial charge >= 0.3 is 6.09 Å². The maximum atomic E-state index is 11.5. The highest BCUT2D eigenvalue weighted by Gasteiger charge is 2.35. The van der Waals surface area contributed by atoms with Gasteiger partial charge in [0.1, 0.15) is 11.8 Å². The van der Waals surface area contributed by atoms with Crippen molar-refractivity contribution in [2.24, 2.45) is 0 Å². The van der Waals surface area contributed by atoms with E-state index in [1.807, 2.05) is 29.2 Å². The summed E-state index contributed by atoms with van der Waals surface area (Å²) >= 11 is 6.92. The number of aromatic nitrogens is 4. The number of aliphatic hydroxyl groups excluding tert-OH is 1. The lowest BCUT2D eigenvalue weighted by Gasteiger charge is -2.40. The Morgan fingerprint density at radius 2 is 1.96 bits per heavy atom. The van der Waals surface area contributed by atoms with Gasteiger partial charge in [-0.15, -0.1) is 5.10 Å². The first-order valence-electron chi connectivity index (χ1n) is 14.7. The summed E-state index contributed by atoms with van der Waals surface area (Å²) in [4.78, 5) is 25.9. The summed E-state index contributed by atoms with van der Waals surface area (Å²) in [5.41, 5.74) is 2.86. The number of hydrogen-bond acceptors (Lipinski definition) is 11. The van der Waals surface area contributed by atoms with Crippen molar-refractivity contribution < 1.29 is 19.7 Å². The first kappa shape index (κ1) is 30.7. The van der Waals surface area contributed by atoms with Crippen LogP contribution in [0.1, 0.15) is 36.1 Å². The molecule has 1 saturated heterocycles. The molecule has 1 aliphatic heterocycles. The van der Waals surface area contributed by atoms with Crippen molar-refractivity contribution >= 4 is 46.5 Å². The SMILES string of the molecule is COc1ccc(CN(c2nc(Nc3cc(C#N)cc(N4CC[C@@H](N(C)C(=O)O)[C@@H](O)C4)c3Cl)nn3c(C#N)cnc23)C2CC2)cc1. The second-order valence-electron chi connectivity index (χ2n) is 11.3. The molecule has 15 heteroatoms. The molecule has 46 heavy (non-hydrogen) atoms. The fourth-order valence-corrected chi connectivity index (χ4v) is 6.00. The summed E-state index contributed by atoms with van der Waals surface area (Å²) in [6.07, 6.45) is 1.69. The molecule has 0 radical (unpaired) electrons. The normalized spacial score (nSPS) is 17.7. The predicted molar refractivity (Wildman–Crippen MR) is 170 cm³/mol. The van der Waals surface area contributed by atoms with Crippen LogP contribution in [-0.4, -0.2) is 86.2 Å². The first-order valence-corrected chi connectivity index (χ1v) is 15.0. The van der Waals surface area contributed by atoms with Crippen LogP contribution in [0, 0.1) is 22.7 Å². The highest BCUT2D eigenvalue weighted by atomic mass is 35.5. The number of aliphatic hydroxyl groups is 1. The Bertz CT molecular complexity index is 1860. The molecule has 4 aromatic rings. The number of methoxy groups -OCH3 is 1. The predicted octanol–water partition coefficient (Wildman–Crippen LogP) is 3.99. The summed E-state index contributed by atoms with van der Waals surface area (Å²) in [6, 6.07) is 14.9. The van der Waals surface area contributed by atoms with Crippen LogP contribution in [0.25, 0.3) is 5.65 Å². The molecular formula is C31H31ClN10O4. The molecule has 1 aliphatic carbocycles. The zero-order valence-electron chi connectivity index (χ0n) is 25.1. The largest absolute Gasteiger partial charge is 0.497 e. The van der Waals surface area contributed by atoms with Crippen LogP contribution in [0.3, 0.4) is 0 Å². The van der Waals surface area contributed by atoms with Gasteiger partial charge in [-0.05, 0) is 49.1 Å². The van der Waals surface area contributed by atoms with Gasteiger partial charge < -0.3 is 35.0 Å².